The molecule has 0 radical (unpaired) electrons. The van der Waals surface area contributed by atoms with Crippen LogP contribution >= 0.6 is 23.1 Å². The summed E-state index contributed by atoms with van der Waals surface area (Å²) in [5.41, 5.74) is 0.910. The second-order valence-electron chi connectivity index (χ2n) is 6.95. The van der Waals surface area contributed by atoms with E-state index in [1.165, 1.54) is 28.8 Å². The molecule has 30 heavy (non-hydrogen) atoms. The van der Waals surface area contributed by atoms with Gasteiger partial charge in [-0.1, -0.05) is 53.4 Å². The lowest BCUT2D eigenvalue weighted by Gasteiger charge is -2.29. The minimum absolute atomic E-state index is 0.108. The molecule has 3 heterocycles. The third-order valence-electron chi connectivity index (χ3n) is 5.28. The number of para-hydroxylation sites is 1. The molecule has 0 saturated carbocycles. The van der Waals surface area contributed by atoms with Crippen molar-refractivity contribution in [1.82, 2.24) is 4.98 Å². The highest BCUT2D eigenvalue weighted by atomic mass is 32.2. The number of hydrogen-bond donors (Lipinski definition) is 1. The number of rotatable bonds is 3. The number of anilines is 1. The number of nitro groups is 1. The smallest absolute Gasteiger partial charge is 0.305 e. The van der Waals surface area contributed by atoms with Gasteiger partial charge in [-0.25, -0.2) is 4.90 Å². The summed E-state index contributed by atoms with van der Waals surface area (Å²) in [5, 5.41) is 11.1. The van der Waals surface area contributed by atoms with Crippen molar-refractivity contribution in [2.45, 2.75) is 16.2 Å². The van der Waals surface area contributed by atoms with Crippen molar-refractivity contribution in [3.8, 4) is 0 Å². The fourth-order valence-electron chi connectivity index (χ4n) is 4.04. The summed E-state index contributed by atoms with van der Waals surface area (Å²) >= 11 is 2.15. The maximum Gasteiger partial charge on any atom is 0.305 e. The Morgan fingerprint density at radius 1 is 1.00 bits per heavy atom. The zero-order valence-electron chi connectivity index (χ0n) is 15.2. The van der Waals surface area contributed by atoms with Crippen LogP contribution in [0.2, 0.25) is 0 Å². The Morgan fingerprint density at radius 3 is 2.50 bits per heavy atom. The van der Waals surface area contributed by atoms with Gasteiger partial charge in [0.05, 0.1) is 21.6 Å². The Morgan fingerprint density at radius 2 is 1.77 bits per heavy atom. The van der Waals surface area contributed by atoms with Crippen LogP contribution in [0, 0.1) is 16.0 Å². The first-order chi connectivity index (χ1) is 14.5. The summed E-state index contributed by atoms with van der Waals surface area (Å²) < 4.78 is 0. The van der Waals surface area contributed by atoms with Crippen molar-refractivity contribution in [3.63, 3.8) is 0 Å². The number of nitrogens with one attached hydrogen (secondary N) is 1. The summed E-state index contributed by atoms with van der Waals surface area (Å²) in [6.45, 7) is 0. The van der Waals surface area contributed by atoms with Gasteiger partial charge in [0.25, 0.3) is 5.69 Å². The van der Waals surface area contributed by atoms with E-state index in [1.807, 2.05) is 0 Å². The summed E-state index contributed by atoms with van der Waals surface area (Å²) in [6.07, 6.45) is 0. The summed E-state index contributed by atoms with van der Waals surface area (Å²) in [7, 11) is 0. The Bertz CT molecular complexity index is 1250. The zero-order valence-corrected chi connectivity index (χ0v) is 16.8. The van der Waals surface area contributed by atoms with Gasteiger partial charge in [0.1, 0.15) is 5.25 Å². The molecule has 0 spiro atoms. The van der Waals surface area contributed by atoms with Gasteiger partial charge < -0.3 is 4.98 Å². The van der Waals surface area contributed by atoms with Gasteiger partial charge in [-0.3, -0.25) is 24.5 Å². The fourth-order valence-corrected chi connectivity index (χ4v) is 6.55. The average molecular weight is 439 g/mol. The second kappa shape index (κ2) is 6.92. The molecule has 5 rings (SSSR count). The number of nitrogens with zero attached hydrogens (tertiary/aromatic N) is 2. The molecule has 2 aliphatic heterocycles. The molecule has 3 aromatic rings. The van der Waals surface area contributed by atoms with Gasteiger partial charge in [0.15, 0.2) is 0 Å². The van der Waals surface area contributed by atoms with Gasteiger partial charge in [0.2, 0.25) is 11.8 Å². The molecule has 1 fully saturated rings. The number of imide groups is 1. The van der Waals surface area contributed by atoms with Crippen LogP contribution in [-0.4, -0.2) is 27.0 Å². The number of aromatic amines is 1. The maximum absolute atomic E-state index is 13.4. The number of H-pyrrole nitrogens is 1. The van der Waals surface area contributed by atoms with Crippen LogP contribution in [0.4, 0.5) is 11.4 Å². The molecule has 2 aliphatic rings. The minimum Gasteiger partial charge on any atom is -0.307 e. The second-order valence-corrected chi connectivity index (χ2v) is 9.12. The summed E-state index contributed by atoms with van der Waals surface area (Å²) in [4.78, 5) is 53.7. The van der Waals surface area contributed by atoms with Gasteiger partial charge in [-0.05, 0) is 17.7 Å². The van der Waals surface area contributed by atoms with E-state index >= 15 is 0 Å². The van der Waals surface area contributed by atoms with E-state index in [2.05, 4.69) is 4.98 Å². The number of nitro benzene ring substituents is 1. The molecule has 2 amide bonds. The van der Waals surface area contributed by atoms with E-state index in [9.17, 15) is 24.5 Å². The third kappa shape index (κ3) is 2.79. The first-order valence-electron chi connectivity index (χ1n) is 9.02. The SMILES string of the molecule is O=C1[C@@H]2[C@H](c3cccc([N+](=O)[O-])c3)c3sc(=O)[nH]c3S[C@@H]2C(=O)N1c1ccccc1. The Hall–Kier alpha value is -3.24. The van der Waals surface area contributed by atoms with Crippen LogP contribution in [0.3, 0.4) is 0 Å². The molecular formula is C20H13N3O5S2. The van der Waals surface area contributed by atoms with Crippen LogP contribution < -0.4 is 9.77 Å². The van der Waals surface area contributed by atoms with Gasteiger partial charge in [-0.2, -0.15) is 0 Å². The number of carbonyl (C=O) groups is 2. The molecule has 150 valence electrons. The molecule has 8 nitrogen and oxygen atoms in total. The first kappa shape index (κ1) is 18.8. The molecule has 1 N–H and O–H groups in total. The van der Waals surface area contributed by atoms with E-state index in [-0.39, 0.29) is 22.4 Å². The van der Waals surface area contributed by atoms with E-state index < -0.39 is 22.0 Å². The van der Waals surface area contributed by atoms with Crippen molar-refractivity contribution in [1.29, 1.82) is 0 Å². The van der Waals surface area contributed by atoms with Crippen molar-refractivity contribution < 1.29 is 14.5 Å². The Labute approximate surface area is 177 Å². The predicted octanol–water partition coefficient (Wildman–Crippen LogP) is 3.14. The highest BCUT2D eigenvalue weighted by Crippen LogP contribution is 2.53. The van der Waals surface area contributed by atoms with Crippen LogP contribution in [0.5, 0.6) is 0 Å². The summed E-state index contributed by atoms with van der Waals surface area (Å²) in [5.74, 6) is -2.11. The van der Waals surface area contributed by atoms with Crippen LogP contribution in [0.1, 0.15) is 16.4 Å². The highest BCUT2D eigenvalue weighted by Gasteiger charge is 2.56. The lowest BCUT2D eigenvalue weighted by Crippen LogP contribution is -2.32. The molecule has 1 saturated heterocycles. The number of thiazole rings is 1. The van der Waals surface area contributed by atoms with Crippen molar-refractivity contribution in [3.05, 3.63) is 84.8 Å². The fraction of sp³-hybridized carbons (Fsp3) is 0.150. The Kier molecular flexibility index (Phi) is 4.33. The van der Waals surface area contributed by atoms with Gasteiger partial charge >= 0.3 is 4.87 Å². The number of non-ortho nitro benzene ring substituents is 1. The summed E-state index contributed by atoms with van der Waals surface area (Å²) in [6, 6.07) is 14.7. The normalized spacial score (nSPS) is 22.7. The quantitative estimate of drug-likeness (QED) is 0.381. The molecule has 3 atom stereocenters. The molecule has 1 aromatic heterocycles. The molecule has 0 bridgehead atoms. The number of thioether (sulfide) groups is 1. The first-order valence-corrected chi connectivity index (χ1v) is 10.7. The number of amides is 2. The van der Waals surface area contributed by atoms with Crippen molar-refractivity contribution >= 4 is 46.3 Å². The largest absolute Gasteiger partial charge is 0.307 e. The molecule has 0 aliphatic carbocycles. The van der Waals surface area contributed by atoms with E-state index in [1.54, 1.807) is 42.5 Å². The van der Waals surface area contributed by atoms with E-state index in [0.29, 0.717) is 21.2 Å². The third-order valence-corrected chi connectivity index (χ3v) is 7.68. The van der Waals surface area contributed by atoms with E-state index in [0.717, 1.165) is 11.3 Å². The highest BCUT2D eigenvalue weighted by molar-refractivity contribution is 8.00. The Balaban J connectivity index is 1.67. The topological polar surface area (TPSA) is 113 Å². The lowest BCUT2D eigenvalue weighted by atomic mass is 9.83. The van der Waals surface area contributed by atoms with Gasteiger partial charge in [-0.15, -0.1) is 0 Å². The lowest BCUT2D eigenvalue weighted by molar-refractivity contribution is -0.384. The molecule has 0 unspecified atom stereocenters. The van der Waals surface area contributed by atoms with Crippen LogP contribution in [-0.2, 0) is 9.59 Å². The number of hydrogen-bond acceptors (Lipinski definition) is 7. The average Bonchev–Trinajstić information content (AvgIpc) is 3.23. The standard InChI is InChI=1S/C20H13N3O5S2/c24-18-14-13(10-5-4-8-12(9-10)23(27)28)15-17(21-20(26)30-15)29-16(14)19(25)22(18)11-6-2-1-3-7-11/h1-9,13-14,16H,(H,21,26)/t13-,14+,16-/m0/s1. The number of benzene rings is 2. The maximum atomic E-state index is 13.4. The van der Waals surface area contributed by atoms with E-state index in [4.69, 9.17) is 0 Å². The number of aromatic nitrogens is 1. The zero-order chi connectivity index (χ0) is 21.0. The monoisotopic (exact) mass is 439 g/mol. The molecule has 10 heteroatoms. The van der Waals surface area contributed by atoms with Crippen LogP contribution in [0.25, 0.3) is 0 Å². The number of fused-ring (bicyclic) bond motifs is 2. The number of carbonyl (C=O) groups excluding carboxylic acids is 2. The predicted molar refractivity (Wildman–Crippen MR) is 112 cm³/mol. The van der Waals surface area contributed by atoms with Gasteiger partial charge in [0, 0.05) is 22.9 Å². The van der Waals surface area contributed by atoms with Crippen molar-refractivity contribution in [2.75, 3.05) is 4.90 Å². The molecule has 2 aromatic carbocycles. The van der Waals surface area contributed by atoms with Crippen molar-refractivity contribution in [2.24, 2.45) is 5.92 Å². The van der Waals surface area contributed by atoms with Crippen LogP contribution in [0.15, 0.2) is 64.4 Å². The minimum atomic E-state index is -0.760. The molecular weight excluding hydrogens is 426 g/mol.